The Labute approximate surface area is 174 Å². The molecule has 0 aromatic heterocycles. The van der Waals surface area contributed by atoms with Crippen molar-refractivity contribution in [2.75, 3.05) is 0 Å². The number of carbonyl (C=O) groups excluding carboxylic acids is 2. The number of hydrogen-bond acceptors (Lipinski definition) is 4. The molecule has 0 unspecified atom stereocenters. The first kappa shape index (κ1) is 19.6. The predicted octanol–water partition coefficient (Wildman–Crippen LogP) is 6.58. The summed E-state index contributed by atoms with van der Waals surface area (Å²) in [5, 5.41) is 3.82. The van der Waals surface area contributed by atoms with Gasteiger partial charge in [0.2, 0.25) is 6.08 Å². The highest BCUT2D eigenvalue weighted by atomic mass is 16.5. The van der Waals surface area contributed by atoms with Crippen molar-refractivity contribution < 1.29 is 14.3 Å². The van der Waals surface area contributed by atoms with Crippen LogP contribution in [0.5, 0.6) is 5.75 Å². The summed E-state index contributed by atoms with van der Waals surface area (Å²) < 4.78 is 5.88. The van der Waals surface area contributed by atoms with E-state index in [0.717, 1.165) is 32.7 Å². The van der Waals surface area contributed by atoms with E-state index in [9.17, 15) is 9.59 Å². The quantitative estimate of drug-likeness (QED) is 0.170. The van der Waals surface area contributed by atoms with Crippen molar-refractivity contribution in [1.82, 2.24) is 0 Å². The minimum absolute atomic E-state index is 0.334. The molecule has 0 fully saturated rings. The summed E-state index contributed by atoms with van der Waals surface area (Å²) in [6.45, 7) is 5.45. The Hall–Kier alpha value is -3.75. The molecule has 0 aliphatic rings. The smallest absolute Gasteiger partial charge is 0.316 e. The fraction of sp³-hybridized carbons (Fsp3) is 0.154. The van der Waals surface area contributed by atoms with Crippen LogP contribution in [0.25, 0.3) is 32.7 Å². The van der Waals surface area contributed by atoms with Crippen molar-refractivity contribution in [1.29, 1.82) is 0 Å². The third kappa shape index (κ3) is 3.49. The second-order valence-corrected chi connectivity index (χ2v) is 8.18. The average molecular weight is 395 g/mol. The lowest BCUT2D eigenvalue weighted by Crippen LogP contribution is -2.25. The summed E-state index contributed by atoms with van der Waals surface area (Å²) in [5.74, 6) is 0.104. The zero-order valence-corrected chi connectivity index (χ0v) is 17.1. The van der Waals surface area contributed by atoms with Crippen LogP contribution < -0.4 is 4.74 Å². The zero-order chi connectivity index (χ0) is 21.3. The van der Waals surface area contributed by atoms with Gasteiger partial charge >= 0.3 is 5.97 Å². The molecular weight excluding hydrogens is 374 g/mol. The summed E-state index contributed by atoms with van der Waals surface area (Å²) in [4.78, 5) is 27.9. The van der Waals surface area contributed by atoms with Gasteiger partial charge in [-0.25, -0.2) is 4.79 Å². The Morgan fingerprint density at radius 2 is 1.37 bits per heavy atom. The van der Waals surface area contributed by atoms with Crippen LogP contribution in [0.2, 0.25) is 0 Å². The Kier molecular flexibility index (Phi) is 4.94. The van der Waals surface area contributed by atoms with E-state index in [0.29, 0.717) is 11.4 Å². The summed E-state index contributed by atoms with van der Waals surface area (Å²) in [7, 11) is 0. The topological polar surface area (TPSA) is 55.7 Å². The van der Waals surface area contributed by atoms with Crippen LogP contribution in [0.3, 0.4) is 0 Å². The number of rotatable bonds is 3. The lowest BCUT2D eigenvalue weighted by Gasteiger charge is -2.20. The molecule has 4 aromatic rings. The highest BCUT2D eigenvalue weighted by Gasteiger charge is 2.26. The van der Waals surface area contributed by atoms with Gasteiger partial charge in [-0.15, -0.1) is 0 Å². The van der Waals surface area contributed by atoms with E-state index in [-0.39, 0.29) is 5.97 Å². The number of benzene rings is 4. The van der Waals surface area contributed by atoms with Crippen molar-refractivity contribution in [3.8, 4) is 16.9 Å². The molecule has 0 atom stereocenters. The summed E-state index contributed by atoms with van der Waals surface area (Å²) in [6.07, 6.45) is 1.66. The van der Waals surface area contributed by atoms with Crippen LogP contribution in [0.15, 0.2) is 77.8 Å². The number of aliphatic imine (C=N–C) groups is 1. The van der Waals surface area contributed by atoms with Crippen LogP contribution in [-0.4, -0.2) is 12.0 Å². The summed E-state index contributed by atoms with van der Waals surface area (Å²) >= 11 is 0. The maximum Gasteiger partial charge on any atom is 0.316 e. The van der Waals surface area contributed by atoms with Gasteiger partial charge in [0.1, 0.15) is 5.75 Å². The van der Waals surface area contributed by atoms with E-state index in [1.54, 1.807) is 18.2 Å². The molecule has 0 N–H and O–H groups in total. The molecule has 0 saturated carbocycles. The van der Waals surface area contributed by atoms with E-state index in [1.807, 2.05) is 81.4 Å². The van der Waals surface area contributed by atoms with Gasteiger partial charge in [-0.05, 0) is 54.4 Å². The number of isocyanates is 1. The molecule has 0 amide bonds. The number of nitrogens with zero attached hydrogens (tertiary/aromatic N) is 1. The molecule has 0 saturated heterocycles. The van der Waals surface area contributed by atoms with E-state index in [4.69, 9.17) is 4.74 Å². The van der Waals surface area contributed by atoms with Crippen LogP contribution in [0, 0.1) is 5.41 Å². The minimum Gasteiger partial charge on any atom is -0.425 e. The molecule has 4 rings (SSSR count). The van der Waals surface area contributed by atoms with E-state index < -0.39 is 5.41 Å². The first-order valence-corrected chi connectivity index (χ1v) is 9.74. The molecule has 148 valence electrons. The zero-order valence-electron chi connectivity index (χ0n) is 17.1. The van der Waals surface area contributed by atoms with Crippen molar-refractivity contribution in [2.45, 2.75) is 20.8 Å². The Morgan fingerprint density at radius 1 is 0.800 bits per heavy atom. The van der Waals surface area contributed by atoms with Crippen LogP contribution in [-0.2, 0) is 9.59 Å². The van der Waals surface area contributed by atoms with Crippen LogP contribution in [0.4, 0.5) is 5.69 Å². The van der Waals surface area contributed by atoms with Gasteiger partial charge in [-0.1, -0.05) is 60.7 Å². The third-order valence-corrected chi connectivity index (χ3v) is 5.03. The molecule has 0 spiro atoms. The predicted molar refractivity (Wildman–Crippen MR) is 120 cm³/mol. The van der Waals surface area contributed by atoms with Gasteiger partial charge in [-0.3, -0.25) is 4.79 Å². The molecule has 0 bridgehead atoms. The molecule has 0 radical (unpaired) electrons. The Morgan fingerprint density at radius 3 is 1.97 bits per heavy atom. The summed E-state index contributed by atoms with van der Waals surface area (Å²) in [5.41, 5.74) is 1.29. The maximum absolute atomic E-state index is 12.7. The van der Waals surface area contributed by atoms with Gasteiger partial charge in [-0.2, -0.15) is 4.99 Å². The monoisotopic (exact) mass is 395 g/mol. The van der Waals surface area contributed by atoms with Crippen molar-refractivity contribution in [2.24, 2.45) is 10.4 Å². The van der Waals surface area contributed by atoms with E-state index in [2.05, 4.69) is 4.99 Å². The third-order valence-electron chi connectivity index (χ3n) is 5.03. The maximum atomic E-state index is 12.7. The lowest BCUT2D eigenvalue weighted by molar-refractivity contribution is -0.142. The summed E-state index contributed by atoms with van der Waals surface area (Å²) in [6, 6.07) is 23.2. The molecule has 0 heterocycles. The molecule has 4 aromatic carbocycles. The molecule has 4 heteroatoms. The molecular formula is C26H21NO3. The van der Waals surface area contributed by atoms with Crippen molar-refractivity contribution in [3.05, 3.63) is 72.8 Å². The van der Waals surface area contributed by atoms with Crippen molar-refractivity contribution >= 4 is 39.3 Å². The largest absolute Gasteiger partial charge is 0.425 e. The molecule has 0 aliphatic carbocycles. The van der Waals surface area contributed by atoms with Gasteiger partial charge in [0.25, 0.3) is 0 Å². The highest BCUT2D eigenvalue weighted by Crippen LogP contribution is 2.45. The van der Waals surface area contributed by atoms with Gasteiger partial charge in [0.05, 0.1) is 11.1 Å². The lowest BCUT2D eigenvalue weighted by atomic mass is 9.91. The Bertz CT molecular complexity index is 1330. The number of ether oxygens (including phenoxy) is 1. The first-order valence-electron chi connectivity index (χ1n) is 9.74. The molecule has 4 nitrogen and oxygen atoms in total. The SMILES string of the molecule is CC(C)(C)C(=O)Oc1ccc2ccccc2c1-c1c(N=C=O)ccc2ccccc12. The Balaban J connectivity index is 2.12. The average Bonchev–Trinajstić information content (AvgIpc) is 2.73. The fourth-order valence-corrected chi connectivity index (χ4v) is 3.51. The highest BCUT2D eigenvalue weighted by molar-refractivity contribution is 6.11. The number of carbonyl (C=O) groups is 1. The fourth-order valence-electron chi connectivity index (χ4n) is 3.51. The molecule has 30 heavy (non-hydrogen) atoms. The van der Waals surface area contributed by atoms with Gasteiger partial charge < -0.3 is 4.74 Å². The standard InChI is InChI=1S/C26H21NO3/c1-26(2,3)25(29)30-22-15-13-18-9-5-7-11-20(18)24(22)23-19-10-6-4-8-17(19)12-14-21(23)27-16-28/h4-15H,1-3H3. The van der Waals surface area contributed by atoms with Gasteiger partial charge in [0.15, 0.2) is 0 Å². The molecule has 0 aliphatic heterocycles. The second kappa shape index (κ2) is 7.58. The normalized spacial score (nSPS) is 11.3. The first-order chi connectivity index (χ1) is 14.4. The minimum atomic E-state index is -0.661. The van der Waals surface area contributed by atoms with Gasteiger partial charge in [0, 0.05) is 11.1 Å². The number of fused-ring (bicyclic) bond motifs is 2. The number of hydrogen-bond donors (Lipinski definition) is 0. The number of esters is 1. The van der Waals surface area contributed by atoms with E-state index in [1.165, 1.54) is 0 Å². The second-order valence-electron chi connectivity index (χ2n) is 8.18. The van der Waals surface area contributed by atoms with Crippen molar-refractivity contribution in [3.63, 3.8) is 0 Å². The van der Waals surface area contributed by atoms with E-state index >= 15 is 0 Å². The van der Waals surface area contributed by atoms with Crippen LogP contribution in [0.1, 0.15) is 20.8 Å². The van der Waals surface area contributed by atoms with Crippen LogP contribution >= 0.6 is 0 Å².